The van der Waals surface area contributed by atoms with Gasteiger partial charge in [-0.3, -0.25) is 14.9 Å². The number of carbonyl (C=O) groups is 1. The fraction of sp³-hybridized carbons (Fsp3) is 0. The molecule has 1 aromatic heterocycles. The molecule has 5 nitrogen and oxygen atoms in total. The zero-order valence-electron chi connectivity index (χ0n) is 5.73. The monoisotopic (exact) mass is 170 g/mol. The van der Waals surface area contributed by atoms with Crippen LogP contribution in [0.4, 0.5) is 10.1 Å². The molecular weight excluding hydrogens is 167 g/mol. The number of halogens is 1. The van der Waals surface area contributed by atoms with Gasteiger partial charge < -0.3 is 0 Å². The van der Waals surface area contributed by atoms with E-state index in [1.165, 1.54) is 0 Å². The highest BCUT2D eigenvalue weighted by molar-refractivity contribution is 5.71. The second-order valence-corrected chi connectivity index (χ2v) is 1.92. The lowest BCUT2D eigenvalue weighted by atomic mass is 10.3. The molecule has 6 heteroatoms. The Bertz CT molecular complexity index is 340. The molecule has 0 saturated carbocycles. The third kappa shape index (κ3) is 1.42. The maximum Gasteiger partial charge on any atom is 0.324 e. The smallest absolute Gasteiger partial charge is 0.296 e. The van der Waals surface area contributed by atoms with Crippen molar-refractivity contribution in [3.63, 3.8) is 0 Å². The van der Waals surface area contributed by atoms with Crippen molar-refractivity contribution < 1.29 is 14.1 Å². The van der Waals surface area contributed by atoms with E-state index in [2.05, 4.69) is 4.98 Å². The van der Waals surface area contributed by atoms with E-state index in [9.17, 15) is 19.3 Å². The first kappa shape index (κ1) is 8.25. The summed E-state index contributed by atoms with van der Waals surface area (Å²) in [5, 5.41) is 10.1. The second kappa shape index (κ2) is 3.04. The maximum absolute atomic E-state index is 12.6. The predicted molar refractivity (Wildman–Crippen MR) is 36.2 cm³/mol. The Labute approximate surface area is 66.0 Å². The van der Waals surface area contributed by atoms with Crippen LogP contribution in [0.15, 0.2) is 12.1 Å². The van der Waals surface area contributed by atoms with Crippen molar-refractivity contribution in [1.29, 1.82) is 0 Å². The van der Waals surface area contributed by atoms with Crippen molar-refractivity contribution >= 4 is 12.0 Å². The largest absolute Gasteiger partial charge is 0.324 e. The Morgan fingerprint density at radius 3 is 2.67 bits per heavy atom. The first-order valence-electron chi connectivity index (χ1n) is 2.91. The highest BCUT2D eigenvalue weighted by atomic mass is 19.1. The molecule has 0 amide bonds. The molecule has 1 rings (SSSR count). The third-order valence-corrected chi connectivity index (χ3v) is 1.17. The average Bonchev–Trinajstić information content (AvgIpc) is 2.03. The lowest BCUT2D eigenvalue weighted by Gasteiger charge is -1.92. The van der Waals surface area contributed by atoms with Gasteiger partial charge in [0.15, 0.2) is 6.29 Å². The Balaban J connectivity index is 3.20. The summed E-state index contributed by atoms with van der Waals surface area (Å²) < 4.78 is 12.6. The zero-order chi connectivity index (χ0) is 9.14. The van der Waals surface area contributed by atoms with Crippen LogP contribution >= 0.6 is 0 Å². The summed E-state index contributed by atoms with van der Waals surface area (Å²) in [7, 11) is 0. The molecule has 0 aliphatic rings. The van der Waals surface area contributed by atoms with Gasteiger partial charge in [-0.2, -0.15) is 4.39 Å². The van der Waals surface area contributed by atoms with E-state index in [4.69, 9.17) is 0 Å². The number of hydrogen-bond donors (Lipinski definition) is 0. The van der Waals surface area contributed by atoms with Crippen LogP contribution in [0.25, 0.3) is 0 Å². The summed E-state index contributed by atoms with van der Waals surface area (Å²) in [5.41, 5.74) is -0.904. The van der Waals surface area contributed by atoms with Crippen LogP contribution in [0.5, 0.6) is 0 Å². The topological polar surface area (TPSA) is 73.1 Å². The van der Waals surface area contributed by atoms with Crippen molar-refractivity contribution in [2.75, 3.05) is 0 Å². The number of rotatable bonds is 2. The highest BCUT2D eigenvalue weighted by Gasteiger charge is 2.14. The fourth-order valence-corrected chi connectivity index (χ4v) is 0.643. The summed E-state index contributed by atoms with van der Waals surface area (Å²) in [6, 6.07) is 1.97. The maximum atomic E-state index is 12.6. The lowest BCUT2D eigenvalue weighted by Crippen LogP contribution is -1.97. The molecule has 0 N–H and O–H groups in total. The fourth-order valence-electron chi connectivity index (χ4n) is 0.643. The van der Waals surface area contributed by atoms with Gasteiger partial charge in [-0.05, 0) is 6.07 Å². The molecule has 0 aliphatic heterocycles. The summed E-state index contributed by atoms with van der Waals surface area (Å²) in [6.45, 7) is 0. The normalized spacial score (nSPS) is 9.42. The van der Waals surface area contributed by atoms with Gasteiger partial charge in [-0.1, -0.05) is 0 Å². The van der Waals surface area contributed by atoms with Gasteiger partial charge in [0, 0.05) is 6.07 Å². The Hall–Kier alpha value is -1.85. The molecule has 62 valence electrons. The first-order valence-corrected chi connectivity index (χ1v) is 2.91. The Kier molecular flexibility index (Phi) is 2.09. The van der Waals surface area contributed by atoms with Crippen molar-refractivity contribution in [1.82, 2.24) is 4.98 Å². The van der Waals surface area contributed by atoms with Gasteiger partial charge in [0.1, 0.15) is 5.69 Å². The first-order chi connectivity index (χ1) is 5.65. The molecule has 0 spiro atoms. The molecule has 0 atom stereocenters. The van der Waals surface area contributed by atoms with Crippen LogP contribution in [-0.4, -0.2) is 16.2 Å². The number of nitrogens with zero attached hydrogens (tertiary/aromatic N) is 2. The van der Waals surface area contributed by atoms with E-state index >= 15 is 0 Å². The zero-order valence-corrected chi connectivity index (χ0v) is 5.73. The summed E-state index contributed by atoms with van der Waals surface area (Å²) in [4.78, 5) is 22.2. The van der Waals surface area contributed by atoms with E-state index in [0.29, 0.717) is 6.29 Å². The van der Waals surface area contributed by atoms with Crippen LogP contribution < -0.4 is 0 Å². The van der Waals surface area contributed by atoms with E-state index < -0.39 is 16.6 Å². The van der Waals surface area contributed by atoms with Crippen LogP contribution in [0.2, 0.25) is 0 Å². The van der Waals surface area contributed by atoms with Crippen molar-refractivity contribution in [2.24, 2.45) is 0 Å². The van der Waals surface area contributed by atoms with Gasteiger partial charge in [0.2, 0.25) is 0 Å². The van der Waals surface area contributed by atoms with Gasteiger partial charge in [0.05, 0.1) is 4.92 Å². The predicted octanol–water partition coefficient (Wildman–Crippen LogP) is 0.941. The van der Waals surface area contributed by atoms with E-state index in [-0.39, 0.29) is 5.69 Å². The molecule has 0 fully saturated rings. The van der Waals surface area contributed by atoms with Gasteiger partial charge in [-0.25, -0.2) is 4.98 Å². The number of hydrogen-bond acceptors (Lipinski definition) is 4. The SMILES string of the molecule is O=Cc1ccc([N+](=O)[O-])c(F)n1. The Morgan fingerprint density at radius 1 is 1.58 bits per heavy atom. The summed E-state index contributed by atoms with van der Waals surface area (Å²) in [5.74, 6) is -1.25. The van der Waals surface area contributed by atoms with Crippen molar-refractivity contribution in [2.45, 2.75) is 0 Å². The molecule has 0 aromatic carbocycles. The number of pyridine rings is 1. The number of aldehydes is 1. The highest BCUT2D eigenvalue weighted by Crippen LogP contribution is 2.13. The van der Waals surface area contributed by atoms with Crippen molar-refractivity contribution in [3.8, 4) is 0 Å². The van der Waals surface area contributed by atoms with Gasteiger partial charge in [0.25, 0.3) is 5.95 Å². The molecule has 12 heavy (non-hydrogen) atoms. The minimum atomic E-state index is -1.25. The second-order valence-electron chi connectivity index (χ2n) is 1.92. The van der Waals surface area contributed by atoms with E-state index in [1.54, 1.807) is 0 Å². The van der Waals surface area contributed by atoms with Crippen LogP contribution in [-0.2, 0) is 0 Å². The molecule has 0 radical (unpaired) electrons. The van der Waals surface area contributed by atoms with Crippen molar-refractivity contribution in [3.05, 3.63) is 33.9 Å². The molecule has 0 saturated heterocycles. The minimum Gasteiger partial charge on any atom is -0.296 e. The van der Waals surface area contributed by atoms with Gasteiger partial charge >= 0.3 is 5.69 Å². The average molecular weight is 170 g/mol. The standard InChI is InChI=1S/C6H3FN2O3/c7-6-5(9(11)12)2-1-4(3-10)8-6/h1-3H. The minimum absolute atomic E-state index is 0.168. The van der Waals surface area contributed by atoms with Crippen LogP contribution in [0.3, 0.4) is 0 Å². The van der Waals surface area contributed by atoms with Gasteiger partial charge in [-0.15, -0.1) is 0 Å². The number of nitro groups is 1. The summed E-state index contributed by atoms with van der Waals surface area (Å²) >= 11 is 0. The molecular formula is C6H3FN2O3. The quantitative estimate of drug-likeness (QED) is 0.286. The number of carbonyl (C=O) groups excluding carboxylic acids is 1. The molecule has 1 heterocycles. The summed E-state index contributed by atoms with van der Waals surface area (Å²) in [6.07, 6.45) is 0.312. The van der Waals surface area contributed by atoms with Crippen LogP contribution in [0, 0.1) is 16.1 Å². The van der Waals surface area contributed by atoms with Crippen LogP contribution in [0.1, 0.15) is 10.5 Å². The molecule has 0 unspecified atom stereocenters. The molecule has 1 aromatic rings. The number of aromatic nitrogens is 1. The third-order valence-electron chi connectivity index (χ3n) is 1.17. The molecule has 0 bridgehead atoms. The van der Waals surface area contributed by atoms with E-state index in [1.807, 2.05) is 0 Å². The molecule has 0 aliphatic carbocycles. The van der Waals surface area contributed by atoms with E-state index in [0.717, 1.165) is 12.1 Å². The lowest BCUT2D eigenvalue weighted by molar-refractivity contribution is -0.388. The Morgan fingerprint density at radius 2 is 2.25 bits per heavy atom.